The van der Waals surface area contributed by atoms with Gasteiger partial charge in [-0.05, 0) is 30.5 Å². The van der Waals surface area contributed by atoms with Gasteiger partial charge in [0.1, 0.15) is 0 Å². The summed E-state index contributed by atoms with van der Waals surface area (Å²) in [5, 5.41) is 7.73. The van der Waals surface area contributed by atoms with Crippen LogP contribution in [-0.4, -0.2) is 52.1 Å². The van der Waals surface area contributed by atoms with E-state index in [1.807, 2.05) is 35.2 Å². The molecule has 1 fully saturated rings. The fourth-order valence-corrected chi connectivity index (χ4v) is 3.32. The Morgan fingerprint density at radius 2 is 2.04 bits per heavy atom. The van der Waals surface area contributed by atoms with Crippen LogP contribution in [0.15, 0.2) is 36.5 Å². The fraction of sp³-hybridized carbons (Fsp3) is 0.444. The van der Waals surface area contributed by atoms with Crippen molar-refractivity contribution in [2.75, 3.05) is 26.2 Å². The predicted molar refractivity (Wildman–Crippen MR) is 94.8 cm³/mol. The van der Waals surface area contributed by atoms with E-state index in [2.05, 4.69) is 15.1 Å². The molecule has 0 aliphatic carbocycles. The zero-order valence-corrected chi connectivity index (χ0v) is 14.5. The van der Waals surface area contributed by atoms with Crippen LogP contribution in [0.2, 0.25) is 5.02 Å². The zero-order chi connectivity index (χ0) is 16.8. The molecule has 24 heavy (non-hydrogen) atoms. The largest absolute Gasteiger partial charge is 0.341 e. The highest BCUT2D eigenvalue weighted by atomic mass is 35.5. The molecule has 0 bridgehead atoms. The van der Waals surface area contributed by atoms with Crippen molar-refractivity contribution >= 4 is 17.5 Å². The molecule has 2 heterocycles. The van der Waals surface area contributed by atoms with Crippen molar-refractivity contribution in [3.8, 4) is 0 Å². The number of aromatic nitrogens is 2. The molecule has 6 heteroatoms. The molecule has 1 amide bonds. The van der Waals surface area contributed by atoms with Gasteiger partial charge in [0, 0.05) is 56.1 Å². The molecule has 2 aromatic rings. The summed E-state index contributed by atoms with van der Waals surface area (Å²) in [5.41, 5.74) is 2.16. The van der Waals surface area contributed by atoms with E-state index < -0.39 is 0 Å². The maximum absolute atomic E-state index is 12.5. The van der Waals surface area contributed by atoms with Gasteiger partial charge in [0.2, 0.25) is 5.91 Å². The second-order valence-corrected chi connectivity index (χ2v) is 6.59. The third kappa shape index (κ3) is 4.58. The Labute approximate surface area is 147 Å². The van der Waals surface area contributed by atoms with Gasteiger partial charge >= 0.3 is 0 Å². The SMILES string of the molecule is O=C(CCc1ccccc1Cl)N1CCCN(Cc2ccn[nH]2)CC1. The van der Waals surface area contributed by atoms with Crippen molar-refractivity contribution in [1.82, 2.24) is 20.0 Å². The number of nitrogens with zero attached hydrogens (tertiary/aromatic N) is 3. The molecule has 1 saturated heterocycles. The number of hydrogen-bond donors (Lipinski definition) is 1. The summed E-state index contributed by atoms with van der Waals surface area (Å²) in [7, 11) is 0. The minimum atomic E-state index is 0.221. The average molecular weight is 347 g/mol. The molecule has 0 saturated carbocycles. The Balaban J connectivity index is 1.48. The summed E-state index contributed by atoms with van der Waals surface area (Å²) in [5.74, 6) is 0.221. The van der Waals surface area contributed by atoms with Crippen LogP contribution in [0, 0.1) is 0 Å². The Bertz CT molecular complexity index is 659. The number of H-pyrrole nitrogens is 1. The van der Waals surface area contributed by atoms with E-state index in [4.69, 9.17) is 11.6 Å². The number of nitrogens with one attached hydrogen (secondary N) is 1. The Morgan fingerprint density at radius 1 is 1.17 bits per heavy atom. The minimum Gasteiger partial charge on any atom is -0.341 e. The lowest BCUT2D eigenvalue weighted by atomic mass is 10.1. The molecular weight excluding hydrogens is 324 g/mol. The standard InChI is InChI=1S/C18H23ClN4O/c19-17-5-2-1-4-15(17)6-7-18(24)23-11-3-10-22(12-13-23)14-16-8-9-20-21-16/h1-2,4-5,8-9H,3,6-7,10-14H2,(H,20,21). The number of aromatic amines is 1. The number of halogens is 1. The summed E-state index contributed by atoms with van der Waals surface area (Å²) in [6, 6.07) is 9.74. The van der Waals surface area contributed by atoms with E-state index in [0.29, 0.717) is 12.8 Å². The number of benzene rings is 1. The molecule has 0 atom stereocenters. The van der Waals surface area contributed by atoms with E-state index in [1.165, 1.54) is 0 Å². The first-order chi connectivity index (χ1) is 11.7. The molecule has 1 aliphatic heterocycles. The lowest BCUT2D eigenvalue weighted by molar-refractivity contribution is -0.131. The summed E-state index contributed by atoms with van der Waals surface area (Å²) in [6.45, 7) is 4.39. The first-order valence-electron chi connectivity index (χ1n) is 8.44. The van der Waals surface area contributed by atoms with Gasteiger partial charge in [-0.1, -0.05) is 29.8 Å². The normalized spacial score (nSPS) is 16.1. The number of carbonyl (C=O) groups excluding carboxylic acids is 1. The Kier molecular flexibility index (Phi) is 5.88. The van der Waals surface area contributed by atoms with Crippen LogP contribution < -0.4 is 0 Å². The first-order valence-corrected chi connectivity index (χ1v) is 8.82. The van der Waals surface area contributed by atoms with Gasteiger partial charge < -0.3 is 4.90 Å². The highest BCUT2D eigenvalue weighted by molar-refractivity contribution is 6.31. The second-order valence-electron chi connectivity index (χ2n) is 6.18. The van der Waals surface area contributed by atoms with Crippen molar-refractivity contribution in [1.29, 1.82) is 0 Å². The van der Waals surface area contributed by atoms with E-state index in [0.717, 1.165) is 55.4 Å². The molecule has 0 spiro atoms. The minimum absolute atomic E-state index is 0.221. The van der Waals surface area contributed by atoms with Crippen molar-refractivity contribution in [3.63, 3.8) is 0 Å². The first kappa shape index (κ1) is 17.0. The number of rotatable bonds is 5. The van der Waals surface area contributed by atoms with Crippen molar-refractivity contribution < 1.29 is 4.79 Å². The fourth-order valence-electron chi connectivity index (χ4n) is 3.09. The molecule has 0 unspecified atom stereocenters. The lowest BCUT2D eigenvalue weighted by Gasteiger charge is -2.21. The van der Waals surface area contributed by atoms with Crippen LogP contribution >= 0.6 is 11.6 Å². The van der Waals surface area contributed by atoms with Gasteiger partial charge in [-0.15, -0.1) is 0 Å². The summed E-state index contributed by atoms with van der Waals surface area (Å²) in [6.07, 6.45) is 4.00. The molecule has 1 aromatic heterocycles. The van der Waals surface area contributed by atoms with Crippen molar-refractivity contribution in [2.24, 2.45) is 0 Å². The van der Waals surface area contributed by atoms with Crippen LogP contribution in [-0.2, 0) is 17.8 Å². The number of amides is 1. The molecule has 1 aliphatic rings. The van der Waals surface area contributed by atoms with Gasteiger partial charge in [-0.3, -0.25) is 14.8 Å². The molecule has 1 aromatic carbocycles. The maximum atomic E-state index is 12.5. The highest BCUT2D eigenvalue weighted by Crippen LogP contribution is 2.17. The van der Waals surface area contributed by atoms with E-state index in [-0.39, 0.29) is 5.91 Å². The zero-order valence-electron chi connectivity index (χ0n) is 13.7. The maximum Gasteiger partial charge on any atom is 0.222 e. The van der Waals surface area contributed by atoms with Crippen LogP contribution in [0.1, 0.15) is 24.1 Å². The third-order valence-corrected chi connectivity index (χ3v) is 4.83. The quantitative estimate of drug-likeness (QED) is 0.905. The van der Waals surface area contributed by atoms with Crippen molar-refractivity contribution in [2.45, 2.75) is 25.8 Å². The van der Waals surface area contributed by atoms with Gasteiger partial charge in [0.05, 0.1) is 0 Å². The van der Waals surface area contributed by atoms with Crippen LogP contribution in [0.3, 0.4) is 0 Å². The van der Waals surface area contributed by atoms with Gasteiger partial charge in [-0.25, -0.2) is 0 Å². The van der Waals surface area contributed by atoms with Crippen LogP contribution in [0.25, 0.3) is 0 Å². The Morgan fingerprint density at radius 3 is 2.83 bits per heavy atom. The molecule has 5 nitrogen and oxygen atoms in total. The third-order valence-electron chi connectivity index (χ3n) is 4.46. The lowest BCUT2D eigenvalue weighted by Crippen LogP contribution is -2.35. The summed E-state index contributed by atoms with van der Waals surface area (Å²) < 4.78 is 0. The van der Waals surface area contributed by atoms with E-state index in [9.17, 15) is 4.79 Å². The number of hydrogen-bond acceptors (Lipinski definition) is 3. The number of aryl methyl sites for hydroxylation is 1. The molecule has 128 valence electrons. The second kappa shape index (κ2) is 8.31. The molecule has 0 radical (unpaired) electrons. The van der Waals surface area contributed by atoms with Crippen LogP contribution in [0.5, 0.6) is 0 Å². The van der Waals surface area contributed by atoms with Gasteiger partial charge in [0.25, 0.3) is 0 Å². The summed E-state index contributed by atoms with van der Waals surface area (Å²) in [4.78, 5) is 16.9. The average Bonchev–Trinajstić information content (AvgIpc) is 2.98. The molecule has 1 N–H and O–H groups in total. The van der Waals surface area contributed by atoms with Gasteiger partial charge in [-0.2, -0.15) is 5.10 Å². The smallest absolute Gasteiger partial charge is 0.222 e. The predicted octanol–water partition coefficient (Wildman–Crippen LogP) is 2.73. The van der Waals surface area contributed by atoms with E-state index in [1.54, 1.807) is 6.20 Å². The molecular formula is C18H23ClN4O. The Hall–Kier alpha value is -1.85. The van der Waals surface area contributed by atoms with Crippen LogP contribution in [0.4, 0.5) is 0 Å². The molecule has 3 rings (SSSR count). The number of carbonyl (C=O) groups is 1. The summed E-state index contributed by atoms with van der Waals surface area (Å²) >= 11 is 6.17. The van der Waals surface area contributed by atoms with Crippen molar-refractivity contribution in [3.05, 3.63) is 52.8 Å². The van der Waals surface area contributed by atoms with Gasteiger partial charge in [0.15, 0.2) is 0 Å². The monoisotopic (exact) mass is 346 g/mol. The highest BCUT2D eigenvalue weighted by Gasteiger charge is 2.19. The topological polar surface area (TPSA) is 52.2 Å². The van der Waals surface area contributed by atoms with E-state index >= 15 is 0 Å².